The van der Waals surface area contributed by atoms with Gasteiger partial charge in [-0.2, -0.15) is 0 Å². The minimum atomic E-state index is 0.237. The number of aromatic nitrogens is 1. The van der Waals surface area contributed by atoms with Crippen LogP contribution in [0.3, 0.4) is 0 Å². The van der Waals surface area contributed by atoms with Crippen LogP contribution in [0.1, 0.15) is 31.2 Å². The smallest absolute Gasteiger partial charge is 0.222 e. The number of hydrogen-bond acceptors (Lipinski definition) is 4. The third kappa shape index (κ3) is 4.28. The molecule has 1 saturated heterocycles. The van der Waals surface area contributed by atoms with E-state index in [1.165, 1.54) is 12.8 Å². The predicted octanol–water partition coefficient (Wildman–Crippen LogP) is 2.13. The lowest BCUT2D eigenvalue weighted by Crippen LogP contribution is -2.34. The second-order valence-corrected chi connectivity index (χ2v) is 6.42. The van der Waals surface area contributed by atoms with E-state index in [4.69, 9.17) is 0 Å². The Labute approximate surface area is 119 Å². The van der Waals surface area contributed by atoms with Gasteiger partial charge in [0.05, 0.1) is 6.54 Å². The number of carbonyl (C=O) groups excluding carboxylic acids is 1. The molecule has 4 nitrogen and oxygen atoms in total. The highest BCUT2D eigenvalue weighted by atomic mass is 32.1. The van der Waals surface area contributed by atoms with Gasteiger partial charge in [0.15, 0.2) is 0 Å². The van der Waals surface area contributed by atoms with Gasteiger partial charge in [0, 0.05) is 25.0 Å². The molecule has 0 bridgehead atoms. The van der Waals surface area contributed by atoms with Crippen molar-refractivity contribution in [3.8, 4) is 0 Å². The number of nitrogens with one attached hydrogen (secondary N) is 1. The molecule has 0 spiro atoms. The highest BCUT2D eigenvalue weighted by Crippen LogP contribution is 2.25. The van der Waals surface area contributed by atoms with E-state index in [-0.39, 0.29) is 5.91 Å². The quantitative estimate of drug-likeness (QED) is 0.899. The molecule has 1 atom stereocenters. The molecule has 1 unspecified atom stereocenters. The molecule has 1 aromatic rings. The van der Waals surface area contributed by atoms with Crippen LogP contribution in [0, 0.1) is 11.8 Å². The van der Waals surface area contributed by atoms with Crippen molar-refractivity contribution in [1.29, 1.82) is 0 Å². The van der Waals surface area contributed by atoms with Crippen molar-refractivity contribution in [2.75, 3.05) is 20.1 Å². The Kier molecular flexibility index (Phi) is 5.34. The molecule has 0 saturated carbocycles. The van der Waals surface area contributed by atoms with E-state index in [0.29, 0.717) is 24.8 Å². The summed E-state index contributed by atoms with van der Waals surface area (Å²) < 4.78 is 0. The Hall–Kier alpha value is -0.940. The largest absolute Gasteiger partial charge is 0.339 e. The topological polar surface area (TPSA) is 45.2 Å². The van der Waals surface area contributed by atoms with Crippen LogP contribution in [-0.2, 0) is 11.3 Å². The Balaban J connectivity index is 1.79. The predicted molar refractivity (Wildman–Crippen MR) is 78.0 cm³/mol. The zero-order chi connectivity index (χ0) is 13.7. The number of piperidine rings is 1. The van der Waals surface area contributed by atoms with Crippen molar-refractivity contribution in [1.82, 2.24) is 15.2 Å². The first-order valence-corrected chi connectivity index (χ1v) is 7.88. The molecule has 2 rings (SSSR count). The maximum Gasteiger partial charge on any atom is 0.222 e. The molecule has 1 fully saturated rings. The van der Waals surface area contributed by atoms with Crippen molar-refractivity contribution < 1.29 is 4.79 Å². The summed E-state index contributed by atoms with van der Waals surface area (Å²) in [7, 11) is 1.87. The summed E-state index contributed by atoms with van der Waals surface area (Å²) in [5.41, 5.74) is 0. The molecule has 0 radical (unpaired) electrons. The van der Waals surface area contributed by atoms with Crippen molar-refractivity contribution >= 4 is 17.2 Å². The minimum Gasteiger partial charge on any atom is -0.339 e. The second kappa shape index (κ2) is 7.01. The van der Waals surface area contributed by atoms with Crippen LogP contribution in [0.4, 0.5) is 0 Å². The van der Waals surface area contributed by atoms with Crippen molar-refractivity contribution in [2.24, 2.45) is 11.8 Å². The van der Waals surface area contributed by atoms with Gasteiger partial charge in [-0.05, 0) is 37.8 Å². The lowest BCUT2D eigenvalue weighted by Gasteiger charge is -2.29. The second-order valence-electron chi connectivity index (χ2n) is 5.44. The Morgan fingerprint density at radius 1 is 1.58 bits per heavy atom. The van der Waals surface area contributed by atoms with Gasteiger partial charge in [-0.15, -0.1) is 11.3 Å². The van der Waals surface area contributed by atoms with Gasteiger partial charge in [0.1, 0.15) is 5.01 Å². The third-order valence-corrected chi connectivity index (χ3v) is 4.73. The molecule has 1 aliphatic rings. The van der Waals surface area contributed by atoms with Gasteiger partial charge in [0.2, 0.25) is 5.91 Å². The van der Waals surface area contributed by atoms with Crippen LogP contribution >= 0.6 is 11.3 Å². The van der Waals surface area contributed by atoms with E-state index in [0.717, 1.165) is 18.1 Å². The SMILES string of the molecule is CC(CC(=O)N(C)Cc1nccs1)C1CCNCC1. The molecular weight excluding hydrogens is 258 g/mol. The third-order valence-electron chi connectivity index (χ3n) is 3.97. The summed E-state index contributed by atoms with van der Waals surface area (Å²) in [6.45, 7) is 5.04. The zero-order valence-corrected chi connectivity index (χ0v) is 12.6. The van der Waals surface area contributed by atoms with Crippen molar-refractivity contribution in [3.63, 3.8) is 0 Å². The first-order valence-electron chi connectivity index (χ1n) is 7.00. The molecule has 1 amide bonds. The monoisotopic (exact) mass is 281 g/mol. The van der Waals surface area contributed by atoms with Crippen LogP contribution in [-0.4, -0.2) is 35.9 Å². The van der Waals surface area contributed by atoms with Gasteiger partial charge in [-0.1, -0.05) is 6.92 Å². The standard InChI is InChI=1S/C14H23N3OS/c1-11(12-3-5-15-6-4-12)9-14(18)17(2)10-13-16-7-8-19-13/h7-8,11-12,15H,3-6,9-10H2,1-2H3. The van der Waals surface area contributed by atoms with E-state index >= 15 is 0 Å². The van der Waals surface area contributed by atoms with E-state index in [2.05, 4.69) is 17.2 Å². The molecule has 0 aromatic carbocycles. The summed E-state index contributed by atoms with van der Waals surface area (Å²) in [6.07, 6.45) is 4.85. The molecule has 1 N–H and O–H groups in total. The first-order chi connectivity index (χ1) is 9.16. The lowest BCUT2D eigenvalue weighted by atomic mass is 9.84. The average molecular weight is 281 g/mol. The van der Waals surface area contributed by atoms with Crippen LogP contribution in [0.25, 0.3) is 0 Å². The van der Waals surface area contributed by atoms with Crippen LogP contribution in [0.15, 0.2) is 11.6 Å². The van der Waals surface area contributed by atoms with Gasteiger partial charge in [-0.3, -0.25) is 4.79 Å². The summed E-state index contributed by atoms with van der Waals surface area (Å²) in [5, 5.41) is 6.33. The Bertz CT molecular complexity index is 387. The van der Waals surface area contributed by atoms with Gasteiger partial charge >= 0.3 is 0 Å². The Morgan fingerprint density at radius 3 is 2.95 bits per heavy atom. The summed E-state index contributed by atoms with van der Waals surface area (Å²) >= 11 is 1.60. The number of carbonyl (C=O) groups is 1. The lowest BCUT2D eigenvalue weighted by molar-refractivity contribution is -0.131. The number of hydrogen-bond donors (Lipinski definition) is 1. The molecule has 1 aromatic heterocycles. The fourth-order valence-electron chi connectivity index (χ4n) is 2.63. The van der Waals surface area contributed by atoms with Crippen LogP contribution in [0.5, 0.6) is 0 Å². The highest BCUT2D eigenvalue weighted by molar-refractivity contribution is 7.09. The first kappa shape index (κ1) is 14.5. The van der Waals surface area contributed by atoms with E-state index in [9.17, 15) is 4.79 Å². The van der Waals surface area contributed by atoms with Crippen LogP contribution in [0.2, 0.25) is 0 Å². The van der Waals surface area contributed by atoms with E-state index in [1.54, 1.807) is 22.4 Å². The maximum absolute atomic E-state index is 12.2. The minimum absolute atomic E-state index is 0.237. The zero-order valence-electron chi connectivity index (χ0n) is 11.8. The van der Waals surface area contributed by atoms with E-state index in [1.807, 2.05) is 12.4 Å². The van der Waals surface area contributed by atoms with Crippen LogP contribution < -0.4 is 5.32 Å². The molecular formula is C14H23N3OS. The Morgan fingerprint density at radius 2 is 2.32 bits per heavy atom. The molecule has 2 heterocycles. The van der Waals surface area contributed by atoms with Gasteiger partial charge < -0.3 is 10.2 Å². The average Bonchev–Trinajstić information content (AvgIpc) is 2.92. The summed E-state index contributed by atoms with van der Waals surface area (Å²) in [6, 6.07) is 0. The van der Waals surface area contributed by atoms with Crippen molar-refractivity contribution in [2.45, 2.75) is 32.7 Å². The molecule has 1 aliphatic heterocycles. The fraction of sp³-hybridized carbons (Fsp3) is 0.714. The highest BCUT2D eigenvalue weighted by Gasteiger charge is 2.23. The summed E-state index contributed by atoms with van der Waals surface area (Å²) in [4.78, 5) is 18.2. The number of nitrogens with zero attached hydrogens (tertiary/aromatic N) is 2. The molecule has 5 heteroatoms. The molecule has 0 aliphatic carbocycles. The van der Waals surface area contributed by atoms with Gasteiger partial charge in [0.25, 0.3) is 0 Å². The number of thiazole rings is 1. The van der Waals surface area contributed by atoms with Crippen molar-refractivity contribution in [3.05, 3.63) is 16.6 Å². The summed E-state index contributed by atoms with van der Waals surface area (Å²) in [5.74, 6) is 1.41. The molecule has 19 heavy (non-hydrogen) atoms. The number of amides is 1. The normalized spacial score (nSPS) is 18.2. The van der Waals surface area contributed by atoms with E-state index < -0.39 is 0 Å². The van der Waals surface area contributed by atoms with Gasteiger partial charge in [-0.25, -0.2) is 4.98 Å². The maximum atomic E-state index is 12.2. The fourth-order valence-corrected chi connectivity index (χ4v) is 3.30. The molecule has 106 valence electrons. The number of rotatable bonds is 5.